The Morgan fingerprint density at radius 1 is 1.10 bits per heavy atom. The first-order chi connectivity index (χ1) is 10.1. The van der Waals surface area contributed by atoms with Gasteiger partial charge in [0, 0.05) is 16.7 Å². The van der Waals surface area contributed by atoms with Crippen LogP contribution in [0.1, 0.15) is 10.4 Å². The van der Waals surface area contributed by atoms with Crippen molar-refractivity contribution in [2.45, 2.75) is 4.90 Å². The molecule has 110 valence electrons. The quantitative estimate of drug-likeness (QED) is 0.650. The number of benzene rings is 2. The maximum atomic E-state index is 13.1. The highest BCUT2D eigenvalue weighted by molar-refractivity contribution is 7.99. The summed E-state index contributed by atoms with van der Waals surface area (Å²) in [6.45, 7) is 0.214. The fourth-order valence-electron chi connectivity index (χ4n) is 1.63. The van der Waals surface area contributed by atoms with Crippen LogP contribution in [-0.4, -0.2) is 23.4 Å². The van der Waals surface area contributed by atoms with Gasteiger partial charge in [-0.15, -0.1) is 11.8 Å². The van der Waals surface area contributed by atoms with Crippen LogP contribution in [-0.2, 0) is 0 Å². The minimum absolute atomic E-state index is 0.00204. The molecule has 6 heteroatoms. The summed E-state index contributed by atoms with van der Waals surface area (Å²) in [6, 6.07) is 9.29. The van der Waals surface area contributed by atoms with Crippen LogP contribution in [0, 0.1) is 11.6 Å². The molecule has 2 aromatic carbocycles. The second-order valence-electron chi connectivity index (χ2n) is 4.10. The van der Waals surface area contributed by atoms with Gasteiger partial charge in [-0.2, -0.15) is 0 Å². The van der Waals surface area contributed by atoms with Gasteiger partial charge in [0.2, 0.25) is 0 Å². The molecule has 0 aliphatic heterocycles. The number of thioether (sulfide) groups is 1. The molecule has 3 nitrogen and oxygen atoms in total. The summed E-state index contributed by atoms with van der Waals surface area (Å²) in [5.74, 6) is -1.50. The minimum Gasteiger partial charge on any atom is -0.492 e. The Hall–Kier alpha value is -2.08. The number of halogens is 2. The Bertz CT molecular complexity index is 629. The van der Waals surface area contributed by atoms with Crippen LogP contribution >= 0.6 is 11.8 Å². The summed E-state index contributed by atoms with van der Waals surface area (Å²) in [5, 5.41) is 8.97. The minimum atomic E-state index is -1.17. The van der Waals surface area contributed by atoms with Gasteiger partial charge in [-0.3, -0.25) is 0 Å². The standard InChI is InChI=1S/C15H12F2O3S/c16-10-1-4-12(5-2-10)21-8-7-20-14-9-11(17)3-6-13(14)15(18)19/h1-6,9H,7-8H2,(H,18,19). The van der Waals surface area contributed by atoms with E-state index in [0.29, 0.717) is 5.75 Å². The van der Waals surface area contributed by atoms with Crippen LogP contribution in [0.2, 0.25) is 0 Å². The topological polar surface area (TPSA) is 46.5 Å². The predicted molar refractivity (Wildman–Crippen MR) is 76.0 cm³/mol. The molecule has 0 amide bonds. The second kappa shape index (κ2) is 7.08. The van der Waals surface area contributed by atoms with E-state index < -0.39 is 11.8 Å². The fraction of sp³-hybridized carbons (Fsp3) is 0.133. The Balaban J connectivity index is 1.90. The first-order valence-electron chi connectivity index (χ1n) is 6.10. The third kappa shape index (κ3) is 4.46. The Kier molecular flexibility index (Phi) is 5.16. The van der Waals surface area contributed by atoms with Crippen LogP contribution in [0.5, 0.6) is 5.75 Å². The fourth-order valence-corrected chi connectivity index (χ4v) is 2.37. The van der Waals surface area contributed by atoms with Crippen molar-refractivity contribution in [3.63, 3.8) is 0 Å². The molecule has 0 saturated heterocycles. The molecule has 0 spiro atoms. The Labute approximate surface area is 124 Å². The van der Waals surface area contributed by atoms with Gasteiger partial charge >= 0.3 is 5.97 Å². The third-order valence-electron chi connectivity index (χ3n) is 2.60. The van der Waals surface area contributed by atoms with Gasteiger partial charge in [0.15, 0.2) is 0 Å². The molecule has 0 aliphatic carbocycles. The van der Waals surface area contributed by atoms with Crippen molar-refractivity contribution in [1.82, 2.24) is 0 Å². The lowest BCUT2D eigenvalue weighted by atomic mass is 10.2. The molecular formula is C15H12F2O3S. The summed E-state index contributed by atoms with van der Waals surface area (Å²) in [7, 11) is 0. The number of carboxylic acid groups (broad SMARTS) is 1. The van der Waals surface area contributed by atoms with Crippen LogP contribution in [0.25, 0.3) is 0 Å². The molecule has 2 aromatic rings. The van der Waals surface area contributed by atoms with Crippen molar-refractivity contribution in [1.29, 1.82) is 0 Å². The van der Waals surface area contributed by atoms with E-state index in [4.69, 9.17) is 9.84 Å². The molecule has 0 atom stereocenters. The highest BCUT2D eigenvalue weighted by Crippen LogP contribution is 2.22. The van der Waals surface area contributed by atoms with Crippen LogP contribution < -0.4 is 4.74 Å². The van der Waals surface area contributed by atoms with Crippen LogP contribution in [0.15, 0.2) is 47.4 Å². The number of ether oxygens (including phenoxy) is 1. The molecule has 0 heterocycles. The SMILES string of the molecule is O=C(O)c1ccc(F)cc1OCCSc1ccc(F)cc1. The number of rotatable bonds is 6. The molecule has 21 heavy (non-hydrogen) atoms. The van der Waals surface area contributed by atoms with Crippen LogP contribution in [0.4, 0.5) is 8.78 Å². The molecule has 0 unspecified atom stereocenters. The van der Waals surface area contributed by atoms with Crippen molar-refractivity contribution in [2.75, 3.05) is 12.4 Å². The summed E-state index contributed by atoms with van der Waals surface area (Å²) in [5.41, 5.74) is -0.0804. The van der Waals surface area contributed by atoms with Gasteiger partial charge in [-0.25, -0.2) is 13.6 Å². The lowest BCUT2D eigenvalue weighted by Crippen LogP contribution is -2.06. The van der Waals surface area contributed by atoms with E-state index in [1.807, 2.05) is 0 Å². The number of carbonyl (C=O) groups is 1. The molecule has 0 radical (unpaired) electrons. The Morgan fingerprint density at radius 2 is 1.76 bits per heavy atom. The van der Waals surface area contributed by atoms with E-state index in [1.165, 1.54) is 30.0 Å². The number of hydrogen-bond donors (Lipinski definition) is 1. The van der Waals surface area contributed by atoms with Crippen molar-refractivity contribution >= 4 is 17.7 Å². The zero-order valence-electron chi connectivity index (χ0n) is 10.9. The van der Waals surface area contributed by atoms with Crippen molar-refractivity contribution in [2.24, 2.45) is 0 Å². The maximum Gasteiger partial charge on any atom is 0.339 e. The molecule has 0 aromatic heterocycles. The lowest BCUT2D eigenvalue weighted by Gasteiger charge is -2.09. The van der Waals surface area contributed by atoms with E-state index in [0.717, 1.165) is 17.0 Å². The average Bonchev–Trinajstić information content (AvgIpc) is 2.45. The monoisotopic (exact) mass is 310 g/mol. The third-order valence-corrected chi connectivity index (χ3v) is 3.57. The van der Waals surface area contributed by atoms with Gasteiger partial charge < -0.3 is 9.84 Å². The molecule has 0 bridgehead atoms. The Morgan fingerprint density at radius 3 is 2.43 bits per heavy atom. The smallest absolute Gasteiger partial charge is 0.339 e. The van der Waals surface area contributed by atoms with E-state index in [-0.39, 0.29) is 23.7 Å². The van der Waals surface area contributed by atoms with Crippen molar-refractivity contribution < 1.29 is 23.4 Å². The predicted octanol–water partition coefficient (Wildman–Crippen LogP) is 3.83. The molecule has 0 saturated carbocycles. The van der Waals surface area contributed by atoms with E-state index >= 15 is 0 Å². The van der Waals surface area contributed by atoms with Crippen molar-refractivity contribution in [3.05, 3.63) is 59.7 Å². The van der Waals surface area contributed by atoms with Gasteiger partial charge in [-0.05, 0) is 36.4 Å². The summed E-state index contributed by atoms with van der Waals surface area (Å²) < 4.78 is 31.1. The number of carboxylic acids is 1. The largest absolute Gasteiger partial charge is 0.492 e. The molecule has 0 fully saturated rings. The van der Waals surface area contributed by atoms with Gasteiger partial charge in [0.1, 0.15) is 22.9 Å². The number of aromatic carboxylic acids is 1. The molecule has 0 aliphatic rings. The highest BCUT2D eigenvalue weighted by Gasteiger charge is 2.12. The van der Waals surface area contributed by atoms with Gasteiger partial charge in [0.05, 0.1) is 6.61 Å². The van der Waals surface area contributed by atoms with Gasteiger partial charge in [-0.1, -0.05) is 0 Å². The lowest BCUT2D eigenvalue weighted by molar-refractivity contribution is 0.0692. The first kappa shape index (κ1) is 15.3. The maximum absolute atomic E-state index is 13.1. The zero-order valence-corrected chi connectivity index (χ0v) is 11.7. The van der Waals surface area contributed by atoms with E-state index in [1.54, 1.807) is 12.1 Å². The number of hydrogen-bond acceptors (Lipinski definition) is 3. The summed E-state index contributed by atoms with van der Waals surface area (Å²) in [6.07, 6.45) is 0. The molecular weight excluding hydrogens is 298 g/mol. The van der Waals surface area contributed by atoms with Crippen molar-refractivity contribution in [3.8, 4) is 5.75 Å². The molecule has 1 N–H and O–H groups in total. The summed E-state index contributed by atoms with van der Waals surface area (Å²) >= 11 is 1.43. The summed E-state index contributed by atoms with van der Waals surface area (Å²) in [4.78, 5) is 11.8. The highest BCUT2D eigenvalue weighted by atomic mass is 32.2. The van der Waals surface area contributed by atoms with Crippen LogP contribution in [0.3, 0.4) is 0 Å². The second-order valence-corrected chi connectivity index (χ2v) is 5.26. The van der Waals surface area contributed by atoms with E-state index in [2.05, 4.69) is 0 Å². The van der Waals surface area contributed by atoms with Gasteiger partial charge in [0.25, 0.3) is 0 Å². The first-order valence-corrected chi connectivity index (χ1v) is 7.09. The van der Waals surface area contributed by atoms with E-state index in [9.17, 15) is 13.6 Å². The zero-order chi connectivity index (χ0) is 15.2. The normalized spacial score (nSPS) is 10.4. The average molecular weight is 310 g/mol. The molecule has 2 rings (SSSR count).